The summed E-state index contributed by atoms with van der Waals surface area (Å²) in [6, 6.07) is 6.44. The van der Waals surface area contributed by atoms with Crippen LogP contribution in [0.3, 0.4) is 0 Å². The lowest BCUT2D eigenvalue weighted by Crippen LogP contribution is -2.43. The minimum Gasteiger partial charge on any atom is -0.456 e. The van der Waals surface area contributed by atoms with Gasteiger partial charge in [-0.15, -0.1) is 11.3 Å². The Morgan fingerprint density at radius 2 is 1.60 bits per heavy atom. The van der Waals surface area contributed by atoms with E-state index in [1.807, 2.05) is 0 Å². The van der Waals surface area contributed by atoms with Crippen LogP contribution in [-0.2, 0) is 23.7 Å². The number of hydrogen-bond acceptors (Lipinski definition) is 5. The molecule has 35 heavy (non-hydrogen) atoms. The molecule has 0 aliphatic carbocycles. The molecule has 0 spiro atoms. The maximum Gasteiger partial charge on any atom is 0.390 e. The van der Waals surface area contributed by atoms with Gasteiger partial charge in [0.2, 0.25) is 0 Å². The fraction of sp³-hybridized carbons (Fsp3) is 0.435. The van der Waals surface area contributed by atoms with E-state index >= 15 is 0 Å². The third-order valence-corrected chi connectivity index (χ3v) is 6.34. The van der Waals surface area contributed by atoms with E-state index < -0.39 is 60.0 Å². The maximum absolute atomic E-state index is 15.0. The zero-order valence-electron chi connectivity index (χ0n) is 19.3. The molecule has 0 N–H and O–H groups in total. The van der Waals surface area contributed by atoms with Crippen molar-refractivity contribution in [2.24, 2.45) is 0 Å². The van der Waals surface area contributed by atoms with Crippen LogP contribution in [0.2, 0.25) is 0 Å². The van der Waals surface area contributed by atoms with Gasteiger partial charge in [0, 0.05) is 12.1 Å². The zero-order valence-corrected chi connectivity index (χ0v) is 20.2. The molecule has 0 radical (unpaired) electrons. The van der Waals surface area contributed by atoms with Crippen LogP contribution in [0.5, 0.6) is 0 Å². The lowest BCUT2D eigenvalue weighted by molar-refractivity contribution is -0.136. The second-order valence-electron chi connectivity index (χ2n) is 9.00. The summed E-state index contributed by atoms with van der Waals surface area (Å²) < 4.78 is 75.0. The molecule has 2 aromatic heterocycles. The van der Waals surface area contributed by atoms with Crippen LogP contribution in [0.1, 0.15) is 48.0 Å². The number of benzene rings is 1. The van der Waals surface area contributed by atoms with E-state index in [1.165, 1.54) is 25.1 Å². The smallest absolute Gasteiger partial charge is 0.390 e. The molecule has 3 rings (SSSR count). The topological polar surface area (TPSA) is 70.3 Å². The second kappa shape index (κ2) is 9.21. The summed E-state index contributed by atoms with van der Waals surface area (Å²) >= 11 is 0.622. The van der Waals surface area contributed by atoms with E-state index in [0.29, 0.717) is 15.9 Å². The summed E-state index contributed by atoms with van der Waals surface area (Å²) in [6.07, 6.45) is -6.09. The van der Waals surface area contributed by atoms with Crippen LogP contribution in [0, 0.1) is 6.92 Å². The largest absolute Gasteiger partial charge is 0.456 e. The summed E-state index contributed by atoms with van der Waals surface area (Å²) in [7, 11) is 0. The van der Waals surface area contributed by atoms with Crippen molar-refractivity contribution in [3.63, 3.8) is 0 Å². The van der Waals surface area contributed by atoms with Gasteiger partial charge in [-0.2, -0.15) is 22.0 Å². The Kier molecular flexibility index (Phi) is 7.00. The number of halogens is 5. The molecule has 1 aromatic carbocycles. The van der Waals surface area contributed by atoms with Gasteiger partial charge in [0.1, 0.15) is 15.3 Å². The average molecular weight is 519 g/mol. The highest BCUT2D eigenvalue weighted by Crippen LogP contribution is 2.32. The fourth-order valence-corrected chi connectivity index (χ4v) is 4.66. The second-order valence-corrected chi connectivity index (χ2v) is 10.00. The van der Waals surface area contributed by atoms with Crippen LogP contribution in [0.25, 0.3) is 10.2 Å². The molecule has 0 bridgehead atoms. The lowest BCUT2D eigenvalue weighted by Gasteiger charge is -2.19. The molecule has 3 aromatic rings. The molecule has 0 unspecified atom stereocenters. The van der Waals surface area contributed by atoms with E-state index in [4.69, 9.17) is 4.74 Å². The number of nitrogens with zero attached hydrogens (tertiary/aromatic N) is 2. The fourth-order valence-electron chi connectivity index (χ4n) is 3.46. The summed E-state index contributed by atoms with van der Waals surface area (Å²) in [4.78, 5) is 38.6. The molecule has 0 aliphatic rings. The van der Waals surface area contributed by atoms with Crippen LogP contribution in [-0.4, -0.2) is 26.9 Å². The minimum atomic E-state index is -4.65. The molecule has 190 valence electrons. The van der Waals surface area contributed by atoms with Crippen molar-refractivity contribution in [3.05, 3.63) is 67.2 Å². The first-order valence-electron chi connectivity index (χ1n) is 10.5. The number of carbonyl (C=O) groups is 1. The number of carbonyl (C=O) groups excluding carboxylic acids is 1. The third-order valence-electron chi connectivity index (χ3n) is 5.05. The van der Waals surface area contributed by atoms with E-state index in [1.54, 1.807) is 20.8 Å². The van der Waals surface area contributed by atoms with Crippen molar-refractivity contribution < 1.29 is 31.5 Å². The summed E-state index contributed by atoms with van der Waals surface area (Å²) in [5, 5.41) is -0.276. The Morgan fingerprint density at radius 3 is 2.14 bits per heavy atom. The molecule has 0 amide bonds. The number of aryl methyl sites for hydroxylation is 2. The van der Waals surface area contributed by atoms with Gasteiger partial charge in [0.25, 0.3) is 11.5 Å². The summed E-state index contributed by atoms with van der Waals surface area (Å²) in [6.45, 7) is 3.87. The number of esters is 1. The first-order valence-corrected chi connectivity index (χ1v) is 11.3. The molecule has 0 aliphatic heterocycles. The highest BCUT2D eigenvalue weighted by molar-refractivity contribution is 7.20. The maximum atomic E-state index is 15.0. The molecule has 0 saturated carbocycles. The Hall–Kier alpha value is -3.02. The number of alkyl halides is 5. The minimum absolute atomic E-state index is 0.0433. The molecule has 0 saturated heterocycles. The van der Waals surface area contributed by atoms with Crippen molar-refractivity contribution in [1.29, 1.82) is 0 Å². The van der Waals surface area contributed by atoms with Gasteiger partial charge < -0.3 is 4.74 Å². The van der Waals surface area contributed by atoms with E-state index in [-0.39, 0.29) is 25.2 Å². The zero-order chi connectivity index (χ0) is 26.3. The highest BCUT2D eigenvalue weighted by Gasteiger charge is 2.35. The predicted octanol–water partition coefficient (Wildman–Crippen LogP) is 5.23. The number of ether oxygens (including phenoxy) is 1. The monoisotopic (exact) mass is 518 g/mol. The van der Waals surface area contributed by atoms with Crippen LogP contribution in [0.4, 0.5) is 22.0 Å². The number of hydrogen-bond donors (Lipinski definition) is 0. The Bertz CT molecular complexity index is 1370. The highest BCUT2D eigenvalue weighted by atomic mass is 32.1. The van der Waals surface area contributed by atoms with Gasteiger partial charge in [0.15, 0.2) is 0 Å². The number of thiophene rings is 1. The Morgan fingerprint density at radius 1 is 1.00 bits per heavy atom. The van der Waals surface area contributed by atoms with Crippen molar-refractivity contribution in [2.75, 3.05) is 0 Å². The van der Waals surface area contributed by atoms with E-state index in [2.05, 4.69) is 0 Å². The van der Waals surface area contributed by atoms with Gasteiger partial charge >= 0.3 is 17.8 Å². The average Bonchev–Trinajstić information content (AvgIpc) is 3.07. The number of fused-ring (bicyclic) bond motifs is 1. The van der Waals surface area contributed by atoms with E-state index in [9.17, 15) is 36.3 Å². The normalized spacial score (nSPS) is 12.8. The molecule has 0 fully saturated rings. The van der Waals surface area contributed by atoms with Crippen molar-refractivity contribution >= 4 is 27.5 Å². The SMILES string of the molecule is Cc1c(C(=O)OC(C)(C)C)sc2c1c(=O)n(CC(F)(F)c1ccccc1)c(=O)n2CCC(F)(F)F. The van der Waals surface area contributed by atoms with Crippen LogP contribution < -0.4 is 11.2 Å². The Balaban J connectivity index is 2.25. The van der Waals surface area contributed by atoms with Gasteiger partial charge in [-0.25, -0.2) is 9.59 Å². The summed E-state index contributed by atoms with van der Waals surface area (Å²) in [5.41, 5.74) is -3.77. The van der Waals surface area contributed by atoms with Crippen molar-refractivity contribution in [2.45, 2.75) is 64.9 Å². The molecule has 6 nitrogen and oxygen atoms in total. The lowest BCUT2D eigenvalue weighted by atomic mass is 10.1. The van der Waals surface area contributed by atoms with Gasteiger partial charge in [-0.05, 0) is 33.3 Å². The van der Waals surface area contributed by atoms with Gasteiger partial charge in [0.05, 0.1) is 18.4 Å². The third kappa shape index (κ3) is 5.80. The first-order chi connectivity index (χ1) is 16.0. The van der Waals surface area contributed by atoms with Crippen molar-refractivity contribution in [1.82, 2.24) is 9.13 Å². The predicted molar refractivity (Wildman–Crippen MR) is 121 cm³/mol. The first kappa shape index (κ1) is 26.6. The quantitative estimate of drug-likeness (QED) is 0.331. The molecule has 2 heterocycles. The van der Waals surface area contributed by atoms with Gasteiger partial charge in [-0.3, -0.25) is 13.9 Å². The van der Waals surface area contributed by atoms with Crippen LogP contribution >= 0.6 is 11.3 Å². The van der Waals surface area contributed by atoms with Crippen molar-refractivity contribution in [3.8, 4) is 0 Å². The number of aromatic nitrogens is 2. The van der Waals surface area contributed by atoms with E-state index in [0.717, 1.165) is 12.1 Å². The Labute approximate surface area is 200 Å². The molecule has 12 heteroatoms. The van der Waals surface area contributed by atoms with Gasteiger partial charge in [-0.1, -0.05) is 30.3 Å². The molecular weight excluding hydrogens is 495 g/mol. The van der Waals surface area contributed by atoms with Crippen LogP contribution in [0.15, 0.2) is 39.9 Å². The summed E-state index contributed by atoms with van der Waals surface area (Å²) in [5.74, 6) is -4.51. The molecular formula is C23H23F5N2O4S. The molecule has 0 atom stereocenters. The number of rotatable bonds is 6. The standard InChI is InChI=1S/C23H23F5N2O4S/c1-13-15-17(31)30(12-22(24,25)14-8-6-5-7-9-14)20(33)29(11-10-23(26,27)28)18(15)35-16(13)19(32)34-21(2,3)4/h5-9H,10-12H2,1-4H3.